The van der Waals surface area contributed by atoms with Crippen LogP contribution in [0.4, 0.5) is 0 Å². The van der Waals surface area contributed by atoms with Gasteiger partial charge in [-0.3, -0.25) is 4.79 Å². The van der Waals surface area contributed by atoms with Crippen LogP contribution in [-0.2, 0) is 11.2 Å². The molecule has 0 spiro atoms. The van der Waals surface area contributed by atoms with Crippen LogP contribution in [0.15, 0.2) is 24.4 Å². The largest absolute Gasteiger partial charge is 0.361 e. The van der Waals surface area contributed by atoms with Crippen molar-refractivity contribution in [3.63, 3.8) is 0 Å². The fourth-order valence-electron chi connectivity index (χ4n) is 2.91. The van der Waals surface area contributed by atoms with Gasteiger partial charge >= 0.3 is 0 Å². The van der Waals surface area contributed by atoms with E-state index in [4.69, 9.17) is 11.6 Å². The molecule has 0 saturated carbocycles. The molecule has 1 aliphatic heterocycles. The van der Waals surface area contributed by atoms with Gasteiger partial charge in [-0.2, -0.15) is 0 Å². The monoisotopic (exact) mass is 341 g/mol. The van der Waals surface area contributed by atoms with Gasteiger partial charge in [-0.05, 0) is 56.1 Å². The van der Waals surface area contributed by atoms with E-state index < -0.39 is 0 Å². The van der Waals surface area contributed by atoms with E-state index in [1.807, 2.05) is 24.4 Å². The number of benzene rings is 1. The van der Waals surface area contributed by atoms with Gasteiger partial charge in [0.05, 0.1) is 0 Å². The Morgan fingerprint density at radius 3 is 2.86 bits per heavy atom. The Labute approximate surface area is 141 Å². The number of hydrogen-bond acceptors (Lipinski definition) is 2. The highest BCUT2D eigenvalue weighted by Gasteiger charge is 2.20. The Morgan fingerprint density at radius 1 is 1.32 bits per heavy atom. The molecule has 2 aromatic rings. The van der Waals surface area contributed by atoms with Gasteiger partial charge < -0.3 is 15.6 Å². The molecular formula is C16H21Cl2N3O. The van der Waals surface area contributed by atoms with Crippen LogP contribution >= 0.6 is 24.0 Å². The van der Waals surface area contributed by atoms with Crippen LogP contribution in [0.25, 0.3) is 10.9 Å². The van der Waals surface area contributed by atoms with E-state index in [9.17, 15) is 4.79 Å². The van der Waals surface area contributed by atoms with Gasteiger partial charge in [0.2, 0.25) is 5.91 Å². The summed E-state index contributed by atoms with van der Waals surface area (Å²) in [6, 6.07) is 5.83. The fraction of sp³-hybridized carbons (Fsp3) is 0.438. The average molecular weight is 342 g/mol. The Hall–Kier alpha value is -1.23. The normalized spacial score (nSPS) is 15.5. The molecule has 1 saturated heterocycles. The predicted molar refractivity (Wildman–Crippen MR) is 92.9 cm³/mol. The third-order valence-corrected chi connectivity index (χ3v) is 4.37. The zero-order valence-corrected chi connectivity index (χ0v) is 13.9. The lowest BCUT2D eigenvalue weighted by Gasteiger charge is -2.21. The van der Waals surface area contributed by atoms with Crippen molar-refractivity contribution in [2.75, 3.05) is 19.6 Å². The van der Waals surface area contributed by atoms with Crippen molar-refractivity contribution in [3.05, 3.63) is 35.0 Å². The Morgan fingerprint density at radius 2 is 2.09 bits per heavy atom. The summed E-state index contributed by atoms with van der Waals surface area (Å²) in [5.41, 5.74) is 2.28. The first kappa shape index (κ1) is 17.1. The lowest BCUT2D eigenvalue weighted by molar-refractivity contribution is -0.125. The maximum atomic E-state index is 12.1. The van der Waals surface area contributed by atoms with Crippen LogP contribution in [0.2, 0.25) is 5.02 Å². The summed E-state index contributed by atoms with van der Waals surface area (Å²) in [6.07, 6.45) is 4.69. The fourth-order valence-corrected chi connectivity index (χ4v) is 3.08. The van der Waals surface area contributed by atoms with Crippen molar-refractivity contribution in [2.24, 2.45) is 5.92 Å². The van der Waals surface area contributed by atoms with E-state index in [1.165, 1.54) is 5.56 Å². The number of nitrogens with one attached hydrogen (secondary N) is 3. The second kappa shape index (κ2) is 7.86. The molecule has 2 heterocycles. The molecule has 0 bridgehead atoms. The summed E-state index contributed by atoms with van der Waals surface area (Å²) in [4.78, 5) is 15.3. The summed E-state index contributed by atoms with van der Waals surface area (Å²) in [5.74, 6) is 0.359. The lowest BCUT2D eigenvalue weighted by Crippen LogP contribution is -2.38. The summed E-state index contributed by atoms with van der Waals surface area (Å²) in [7, 11) is 0. The number of carbonyl (C=O) groups excluding carboxylic acids is 1. The number of halogens is 2. The molecule has 1 amide bonds. The minimum atomic E-state index is 0. The first-order chi connectivity index (χ1) is 10.2. The van der Waals surface area contributed by atoms with E-state index in [-0.39, 0.29) is 24.2 Å². The summed E-state index contributed by atoms with van der Waals surface area (Å²) >= 11 is 6.04. The topological polar surface area (TPSA) is 56.9 Å². The van der Waals surface area contributed by atoms with Crippen LogP contribution in [0.3, 0.4) is 0 Å². The summed E-state index contributed by atoms with van der Waals surface area (Å²) in [5, 5.41) is 8.21. The zero-order valence-electron chi connectivity index (χ0n) is 12.3. The molecule has 0 unspecified atom stereocenters. The number of amides is 1. The third kappa shape index (κ3) is 3.94. The van der Waals surface area contributed by atoms with Crippen molar-refractivity contribution in [2.45, 2.75) is 19.3 Å². The summed E-state index contributed by atoms with van der Waals surface area (Å²) < 4.78 is 0. The molecule has 0 radical (unpaired) electrons. The van der Waals surface area contributed by atoms with E-state index in [0.717, 1.165) is 48.3 Å². The number of H-pyrrole nitrogens is 1. The Balaban J connectivity index is 0.00000176. The molecule has 1 aromatic carbocycles. The number of hydrogen-bond donors (Lipinski definition) is 3. The second-order valence-electron chi connectivity index (χ2n) is 5.57. The van der Waals surface area contributed by atoms with E-state index in [0.29, 0.717) is 6.54 Å². The molecule has 6 heteroatoms. The highest BCUT2D eigenvalue weighted by Crippen LogP contribution is 2.22. The van der Waals surface area contributed by atoms with Gasteiger partial charge in [0.1, 0.15) is 0 Å². The first-order valence-electron chi connectivity index (χ1n) is 7.48. The van der Waals surface area contributed by atoms with Crippen molar-refractivity contribution in [1.29, 1.82) is 0 Å². The van der Waals surface area contributed by atoms with Crippen LogP contribution < -0.4 is 10.6 Å². The van der Waals surface area contributed by atoms with Crippen LogP contribution in [-0.4, -0.2) is 30.5 Å². The molecule has 1 aliphatic rings. The maximum Gasteiger partial charge on any atom is 0.223 e. The standard InChI is InChI=1S/C16H20ClN3O.ClH/c17-13-1-2-15-14(9-13)12(10-20-15)5-8-19-16(21)11-3-6-18-7-4-11;/h1-2,9-11,18,20H,3-8H2,(H,19,21);1H. The van der Waals surface area contributed by atoms with Crippen molar-refractivity contribution >= 4 is 40.8 Å². The van der Waals surface area contributed by atoms with Gasteiger partial charge in [-0.15, -0.1) is 12.4 Å². The predicted octanol–water partition coefficient (Wildman–Crippen LogP) is 2.90. The van der Waals surface area contributed by atoms with Crippen molar-refractivity contribution in [1.82, 2.24) is 15.6 Å². The molecule has 4 nitrogen and oxygen atoms in total. The molecule has 22 heavy (non-hydrogen) atoms. The van der Waals surface area contributed by atoms with Crippen LogP contribution in [0.1, 0.15) is 18.4 Å². The van der Waals surface area contributed by atoms with Gasteiger partial charge in [0.15, 0.2) is 0 Å². The molecule has 3 rings (SSSR count). The second-order valence-corrected chi connectivity index (χ2v) is 6.01. The third-order valence-electron chi connectivity index (χ3n) is 4.13. The van der Waals surface area contributed by atoms with E-state index >= 15 is 0 Å². The number of aromatic amines is 1. The molecule has 3 N–H and O–H groups in total. The average Bonchev–Trinajstić information content (AvgIpc) is 2.90. The van der Waals surface area contributed by atoms with Crippen LogP contribution in [0.5, 0.6) is 0 Å². The van der Waals surface area contributed by atoms with Gasteiger partial charge in [0.25, 0.3) is 0 Å². The van der Waals surface area contributed by atoms with Crippen molar-refractivity contribution < 1.29 is 4.79 Å². The van der Waals surface area contributed by atoms with E-state index in [2.05, 4.69) is 15.6 Å². The summed E-state index contributed by atoms with van der Waals surface area (Å²) in [6.45, 7) is 2.56. The number of carbonyl (C=O) groups is 1. The number of fused-ring (bicyclic) bond motifs is 1. The number of piperidine rings is 1. The highest BCUT2D eigenvalue weighted by atomic mass is 35.5. The molecule has 120 valence electrons. The molecule has 0 aliphatic carbocycles. The quantitative estimate of drug-likeness (QED) is 0.800. The lowest BCUT2D eigenvalue weighted by atomic mass is 9.97. The molecule has 1 fully saturated rings. The Bertz CT molecular complexity index is 635. The van der Waals surface area contributed by atoms with Crippen LogP contribution in [0, 0.1) is 5.92 Å². The highest BCUT2D eigenvalue weighted by molar-refractivity contribution is 6.31. The number of rotatable bonds is 4. The Kier molecular flexibility index (Phi) is 6.12. The smallest absolute Gasteiger partial charge is 0.223 e. The van der Waals surface area contributed by atoms with Gasteiger partial charge in [-0.1, -0.05) is 11.6 Å². The SMILES string of the molecule is Cl.O=C(NCCc1c[nH]c2ccc(Cl)cc12)C1CCNCC1. The minimum absolute atomic E-state index is 0. The zero-order chi connectivity index (χ0) is 14.7. The van der Waals surface area contributed by atoms with E-state index in [1.54, 1.807) is 0 Å². The molecule has 0 atom stereocenters. The minimum Gasteiger partial charge on any atom is -0.361 e. The van der Waals surface area contributed by atoms with Gasteiger partial charge in [-0.25, -0.2) is 0 Å². The maximum absolute atomic E-state index is 12.1. The van der Waals surface area contributed by atoms with Crippen molar-refractivity contribution in [3.8, 4) is 0 Å². The molecular weight excluding hydrogens is 321 g/mol. The first-order valence-corrected chi connectivity index (χ1v) is 7.86. The molecule has 1 aromatic heterocycles. The van der Waals surface area contributed by atoms with Gasteiger partial charge in [0, 0.05) is 34.6 Å². The number of aromatic nitrogens is 1.